The van der Waals surface area contributed by atoms with Gasteiger partial charge in [-0.3, -0.25) is 0 Å². The summed E-state index contributed by atoms with van der Waals surface area (Å²) in [5, 5.41) is 3.32. The van der Waals surface area contributed by atoms with Gasteiger partial charge in [-0.15, -0.1) is 0 Å². The average molecular weight is 262 g/mol. The fourth-order valence-electron chi connectivity index (χ4n) is 2.55. The Kier molecular flexibility index (Phi) is 5.43. The van der Waals surface area contributed by atoms with Crippen molar-refractivity contribution < 1.29 is 0 Å². The van der Waals surface area contributed by atoms with Gasteiger partial charge in [-0.05, 0) is 26.2 Å². The van der Waals surface area contributed by atoms with E-state index < -0.39 is 0 Å². The van der Waals surface area contributed by atoms with E-state index in [0.29, 0.717) is 0 Å². The van der Waals surface area contributed by atoms with Crippen molar-refractivity contribution in [1.29, 1.82) is 0 Å². The van der Waals surface area contributed by atoms with Crippen LogP contribution in [0.2, 0.25) is 0 Å². The summed E-state index contributed by atoms with van der Waals surface area (Å²) in [5.41, 5.74) is 0. The summed E-state index contributed by atoms with van der Waals surface area (Å²) in [6, 6.07) is 2.11. The molecule has 1 aliphatic heterocycles. The predicted molar refractivity (Wildman–Crippen MR) is 80.9 cm³/mol. The van der Waals surface area contributed by atoms with Crippen molar-refractivity contribution in [2.24, 2.45) is 0 Å². The molecule has 1 fully saturated rings. The number of aryl methyl sites for hydroxylation is 1. The van der Waals surface area contributed by atoms with Crippen molar-refractivity contribution in [3.63, 3.8) is 0 Å². The summed E-state index contributed by atoms with van der Waals surface area (Å²) in [7, 11) is 0. The first-order valence-corrected chi connectivity index (χ1v) is 7.70. The van der Waals surface area contributed by atoms with Crippen LogP contribution >= 0.6 is 0 Å². The van der Waals surface area contributed by atoms with Crippen LogP contribution < -0.4 is 10.2 Å². The highest BCUT2D eigenvalue weighted by atomic mass is 15.2. The normalized spacial score (nSPS) is 16.2. The maximum Gasteiger partial charge on any atom is 0.134 e. The number of aromatic nitrogens is 2. The Morgan fingerprint density at radius 2 is 1.84 bits per heavy atom. The van der Waals surface area contributed by atoms with E-state index in [1.165, 1.54) is 25.7 Å². The van der Waals surface area contributed by atoms with Gasteiger partial charge in [0.05, 0.1) is 0 Å². The van der Waals surface area contributed by atoms with Crippen LogP contribution in [0, 0.1) is 0 Å². The van der Waals surface area contributed by atoms with Crippen LogP contribution in [-0.2, 0) is 6.42 Å². The summed E-state index contributed by atoms with van der Waals surface area (Å²) in [4.78, 5) is 11.8. The Morgan fingerprint density at radius 3 is 2.47 bits per heavy atom. The second-order valence-corrected chi connectivity index (χ2v) is 5.21. The number of nitrogens with one attached hydrogen (secondary N) is 1. The quantitative estimate of drug-likeness (QED) is 0.884. The molecule has 4 heteroatoms. The van der Waals surface area contributed by atoms with E-state index >= 15 is 0 Å². The van der Waals surface area contributed by atoms with Gasteiger partial charge in [0.2, 0.25) is 0 Å². The maximum absolute atomic E-state index is 4.75. The first kappa shape index (κ1) is 14.1. The molecule has 0 amide bonds. The smallest absolute Gasteiger partial charge is 0.134 e. The second kappa shape index (κ2) is 7.31. The molecular formula is C15H26N4. The predicted octanol–water partition coefficient (Wildman–Crippen LogP) is 3.24. The van der Waals surface area contributed by atoms with Crippen LogP contribution in [0.1, 0.15) is 51.8 Å². The largest absolute Gasteiger partial charge is 0.370 e. The van der Waals surface area contributed by atoms with E-state index in [-0.39, 0.29) is 0 Å². The minimum Gasteiger partial charge on any atom is -0.370 e. The molecule has 1 aliphatic rings. The zero-order valence-corrected chi connectivity index (χ0v) is 12.3. The Morgan fingerprint density at radius 1 is 1.11 bits per heavy atom. The number of hydrogen-bond acceptors (Lipinski definition) is 4. The molecule has 2 heterocycles. The van der Waals surface area contributed by atoms with Crippen molar-refractivity contribution in [1.82, 2.24) is 9.97 Å². The molecular weight excluding hydrogens is 236 g/mol. The molecule has 19 heavy (non-hydrogen) atoms. The summed E-state index contributed by atoms with van der Waals surface area (Å²) >= 11 is 0. The van der Waals surface area contributed by atoms with Gasteiger partial charge >= 0.3 is 0 Å². The van der Waals surface area contributed by atoms with Crippen molar-refractivity contribution in [3.05, 3.63) is 11.9 Å². The fourth-order valence-corrected chi connectivity index (χ4v) is 2.55. The molecule has 0 aliphatic carbocycles. The van der Waals surface area contributed by atoms with Crippen LogP contribution in [0.5, 0.6) is 0 Å². The third kappa shape index (κ3) is 4.08. The van der Waals surface area contributed by atoms with Crippen LogP contribution in [0.3, 0.4) is 0 Å². The highest BCUT2D eigenvalue weighted by molar-refractivity contribution is 5.49. The molecule has 0 aromatic carbocycles. The molecule has 0 bridgehead atoms. The minimum atomic E-state index is 0.905. The van der Waals surface area contributed by atoms with Crippen LogP contribution in [0.4, 0.5) is 11.6 Å². The maximum atomic E-state index is 4.75. The summed E-state index contributed by atoms with van der Waals surface area (Å²) in [5.74, 6) is 3.05. The van der Waals surface area contributed by atoms with Crippen molar-refractivity contribution in [2.45, 2.75) is 52.4 Å². The van der Waals surface area contributed by atoms with Crippen molar-refractivity contribution >= 4 is 11.6 Å². The molecule has 1 aromatic rings. The first-order valence-electron chi connectivity index (χ1n) is 7.70. The molecule has 0 radical (unpaired) electrons. The molecule has 1 aromatic heterocycles. The lowest BCUT2D eigenvalue weighted by molar-refractivity contribution is 0.726. The molecule has 1 N–H and O–H groups in total. The van der Waals surface area contributed by atoms with Crippen molar-refractivity contribution in [2.75, 3.05) is 29.9 Å². The summed E-state index contributed by atoms with van der Waals surface area (Å²) in [6.07, 6.45) is 7.31. The molecule has 0 atom stereocenters. The Labute approximate surface area is 116 Å². The molecule has 0 spiro atoms. The SMILES string of the molecule is CCCc1nc(NCC)cc(N2CCCCCC2)n1. The Hall–Kier alpha value is -1.32. The molecule has 2 rings (SSSR count). The molecule has 106 valence electrons. The van der Waals surface area contributed by atoms with E-state index in [2.05, 4.69) is 35.1 Å². The highest BCUT2D eigenvalue weighted by Gasteiger charge is 2.13. The fraction of sp³-hybridized carbons (Fsp3) is 0.733. The van der Waals surface area contributed by atoms with Gasteiger partial charge < -0.3 is 10.2 Å². The van der Waals surface area contributed by atoms with Gasteiger partial charge in [0.15, 0.2) is 0 Å². The summed E-state index contributed by atoms with van der Waals surface area (Å²) < 4.78 is 0. The molecule has 4 nitrogen and oxygen atoms in total. The second-order valence-electron chi connectivity index (χ2n) is 5.21. The number of nitrogens with zero attached hydrogens (tertiary/aromatic N) is 3. The van der Waals surface area contributed by atoms with Crippen LogP contribution in [-0.4, -0.2) is 29.6 Å². The number of anilines is 2. The van der Waals surface area contributed by atoms with E-state index in [4.69, 9.17) is 4.98 Å². The monoisotopic (exact) mass is 262 g/mol. The van der Waals surface area contributed by atoms with E-state index in [0.717, 1.165) is 49.9 Å². The van der Waals surface area contributed by atoms with Gasteiger partial charge in [-0.25, -0.2) is 9.97 Å². The first-order chi connectivity index (χ1) is 9.33. The number of rotatable bonds is 5. The zero-order valence-electron chi connectivity index (χ0n) is 12.3. The van der Waals surface area contributed by atoms with Gasteiger partial charge in [-0.2, -0.15) is 0 Å². The Bertz CT molecular complexity index is 359. The lowest BCUT2D eigenvalue weighted by Crippen LogP contribution is -2.25. The molecule has 0 saturated carbocycles. The van der Waals surface area contributed by atoms with E-state index in [9.17, 15) is 0 Å². The van der Waals surface area contributed by atoms with E-state index in [1.54, 1.807) is 0 Å². The summed E-state index contributed by atoms with van der Waals surface area (Å²) in [6.45, 7) is 7.45. The lowest BCUT2D eigenvalue weighted by atomic mass is 10.2. The van der Waals surface area contributed by atoms with Gasteiger partial charge in [-0.1, -0.05) is 19.8 Å². The third-order valence-electron chi connectivity index (χ3n) is 3.52. The topological polar surface area (TPSA) is 41.1 Å². The van der Waals surface area contributed by atoms with Crippen molar-refractivity contribution in [3.8, 4) is 0 Å². The van der Waals surface area contributed by atoms with Crippen LogP contribution in [0.15, 0.2) is 6.07 Å². The van der Waals surface area contributed by atoms with Crippen LogP contribution in [0.25, 0.3) is 0 Å². The number of hydrogen-bond donors (Lipinski definition) is 1. The third-order valence-corrected chi connectivity index (χ3v) is 3.52. The van der Waals surface area contributed by atoms with Gasteiger partial charge in [0.1, 0.15) is 17.5 Å². The molecule has 1 saturated heterocycles. The average Bonchev–Trinajstić information content (AvgIpc) is 2.68. The molecule has 0 unspecified atom stereocenters. The lowest BCUT2D eigenvalue weighted by Gasteiger charge is -2.22. The van der Waals surface area contributed by atoms with Gasteiger partial charge in [0.25, 0.3) is 0 Å². The standard InChI is InChI=1S/C15H26N4/c1-3-9-13-17-14(16-4-2)12-15(18-13)19-10-7-5-6-8-11-19/h12H,3-11H2,1-2H3,(H,16,17,18). The van der Waals surface area contributed by atoms with Gasteiger partial charge in [0, 0.05) is 32.1 Å². The zero-order chi connectivity index (χ0) is 13.5. The highest BCUT2D eigenvalue weighted by Crippen LogP contribution is 2.20. The Balaban J connectivity index is 2.20. The van der Waals surface area contributed by atoms with E-state index in [1.807, 2.05) is 0 Å². The minimum absolute atomic E-state index is 0.905.